The number of carbonyl (C=O) groups is 4. The summed E-state index contributed by atoms with van der Waals surface area (Å²) in [7, 11) is 0. The van der Waals surface area contributed by atoms with E-state index in [9.17, 15) is 24.3 Å². The van der Waals surface area contributed by atoms with Crippen LogP contribution in [-0.2, 0) is 19.2 Å². The molecule has 0 aliphatic carbocycles. The van der Waals surface area contributed by atoms with E-state index in [1.807, 2.05) is 27.0 Å². The molecule has 4 unspecified atom stereocenters. The number of nitrogens with one attached hydrogen (secondary N) is 3. The predicted octanol–water partition coefficient (Wildman–Crippen LogP) is 0.329. The maximum absolute atomic E-state index is 12.5. The van der Waals surface area contributed by atoms with Crippen LogP contribution in [0.3, 0.4) is 0 Å². The van der Waals surface area contributed by atoms with Crippen LogP contribution in [0.2, 0.25) is 0 Å². The highest BCUT2D eigenvalue weighted by atomic mass is 32.2. The monoisotopic (exact) mass is 432 g/mol. The minimum absolute atomic E-state index is 0.241. The molecule has 0 rings (SSSR count). The molecule has 6 N–H and O–H groups in total. The first-order chi connectivity index (χ1) is 13.5. The van der Waals surface area contributed by atoms with Crippen molar-refractivity contribution in [2.75, 3.05) is 18.6 Å². The molecule has 0 aromatic heterocycles. The summed E-state index contributed by atoms with van der Waals surface area (Å²) in [5.74, 6) is -2.00. The second-order valence-corrected chi connectivity index (χ2v) is 8.55. The van der Waals surface area contributed by atoms with Gasteiger partial charge < -0.3 is 26.8 Å². The summed E-state index contributed by atoms with van der Waals surface area (Å²) in [6.07, 6.45) is 3.36. The zero-order valence-corrected chi connectivity index (χ0v) is 18.8. The van der Waals surface area contributed by atoms with Gasteiger partial charge in [0.15, 0.2) is 0 Å². The first-order valence-corrected chi connectivity index (χ1v) is 11.3. The number of aliphatic carboxylic acids is 1. The Bertz CT molecular complexity index is 559. The van der Waals surface area contributed by atoms with Gasteiger partial charge in [-0.15, -0.1) is 0 Å². The standard InChI is InChI=1S/C19H36N4O5S/c1-6-12(4)16(19(27)28)23-15(24)10-21-18(26)14(7-8-29-5)22-17(25)13(20)9-11(2)3/h11-14,16H,6-10,20H2,1-5H3,(H,21,26)(H,22,25)(H,23,24)(H,27,28). The molecule has 0 bridgehead atoms. The van der Waals surface area contributed by atoms with Gasteiger partial charge in [0.05, 0.1) is 12.6 Å². The molecule has 0 radical (unpaired) electrons. The van der Waals surface area contributed by atoms with E-state index in [1.165, 1.54) is 11.8 Å². The molecular formula is C19H36N4O5S. The molecule has 0 aliphatic heterocycles. The van der Waals surface area contributed by atoms with Crippen LogP contribution < -0.4 is 21.7 Å². The largest absolute Gasteiger partial charge is 0.480 e. The maximum atomic E-state index is 12.5. The molecule has 0 aliphatic rings. The second kappa shape index (κ2) is 14.2. The molecular weight excluding hydrogens is 396 g/mol. The van der Waals surface area contributed by atoms with Crippen molar-refractivity contribution in [2.45, 2.75) is 65.1 Å². The fourth-order valence-electron chi connectivity index (χ4n) is 2.60. The normalized spacial score (nSPS) is 15.1. The van der Waals surface area contributed by atoms with Crippen molar-refractivity contribution >= 4 is 35.5 Å². The lowest BCUT2D eigenvalue weighted by Crippen LogP contribution is -2.54. The average molecular weight is 433 g/mol. The van der Waals surface area contributed by atoms with Gasteiger partial charge in [0.2, 0.25) is 17.7 Å². The number of hydrogen-bond donors (Lipinski definition) is 5. The Labute approximate surface area is 177 Å². The van der Waals surface area contributed by atoms with Crippen LogP contribution in [0.15, 0.2) is 0 Å². The van der Waals surface area contributed by atoms with Gasteiger partial charge in [0.1, 0.15) is 12.1 Å². The maximum Gasteiger partial charge on any atom is 0.326 e. The summed E-state index contributed by atoms with van der Waals surface area (Å²) in [6, 6.07) is -2.55. The molecule has 3 amide bonds. The number of hydrogen-bond acceptors (Lipinski definition) is 6. The van der Waals surface area contributed by atoms with E-state index in [4.69, 9.17) is 5.73 Å². The lowest BCUT2D eigenvalue weighted by molar-refractivity contribution is -0.143. The first-order valence-electron chi connectivity index (χ1n) is 9.88. The van der Waals surface area contributed by atoms with Crippen LogP contribution in [-0.4, -0.2) is 65.5 Å². The van der Waals surface area contributed by atoms with Crippen LogP contribution in [0.5, 0.6) is 0 Å². The SMILES string of the molecule is CCC(C)C(NC(=O)CNC(=O)C(CCSC)NC(=O)C(N)CC(C)C)C(=O)O. The van der Waals surface area contributed by atoms with E-state index < -0.39 is 41.8 Å². The van der Waals surface area contributed by atoms with Gasteiger partial charge in [-0.05, 0) is 36.7 Å². The topological polar surface area (TPSA) is 151 Å². The number of carbonyl (C=O) groups excluding carboxylic acids is 3. The highest BCUT2D eigenvalue weighted by Crippen LogP contribution is 2.08. The summed E-state index contributed by atoms with van der Waals surface area (Å²) in [5.41, 5.74) is 5.87. The van der Waals surface area contributed by atoms with Gasteiger partial charge >= 0.3 is 5.97 Å². The summed E-state index contributed by atoms with van der Waals surface area (Å²) in [6.45, 7) is 7.09. The third kappa shape index (κ3) is 11.1. The number of rotatable bonds is 14. The third-order valence-electron chi connectivity index (χ3n) is 4.52. The molecule has 4 atom stereocenters. The van der Waals surface area contributed by atoms with E-state index in [0.717, 1.165) is 0 Å². The van der Waals surface area contributed by atoms with Gasteiger partial charge in [-0.1, -0.05) is 34.1 Å². The zero-order chi connectivity index (χ0) is 22.6. The first kappa shape index (κ1) is 27.2. The van der Waals surface area contributed by atoms with Crippen LogP contribution in [0.25, 0.3) is 0 Å². The van der Waals surface area contributed by atoms with Crippen LogP contribution in [0.1, 0.15) is 47.0 Å². The molecule has 9 nitrogen and oxygen atoms in total. The molecule has 0 aromatic rings. The summed E-state index contributed by atoms with van der Waals surface area (Å²) in [4.78, 5) is 48.1. The summed E-state index contributed by atoms with van der Waals surface area (Å²) >= 11 is 1.53. The Balaban J connectivity index is 4.82. The average Bonchev–Trinajstić information content (AvgIpc) is 2.65. The van der Waals surface area contributed by atoms with Gasteiger partial charge in [-0.3, -0.25) is 14.4 Å². The van der Waals surface area contributed by atoms with Gasteiger partial charge in [-0.2, -0.15) is 11.8 Å². The molecule has 10 heteroatoms. The molecule has 0 aromatic carbocycles. The number of nitrogens with two attached hydrogens (primary N) is 1. The van der Waals surface area contributed by atoms with Crippen LogP contribution >= 0.6 is 11.8 Å². The number of carboxylic acid groups (broad SMARTS) is 1. The second-order valence-electron chi connectivity index (χ2n) is 7.57. The fraction of sp³-hybridized carbons (Fsp3) is 0.789. The van der Waals surface area contributed by atoms with Gasteiger partial charge in [-0.25, -0.2) is 4.79 Å². The molecule has 0 fully saturated rings. The van der Waals surface area contributed by atoms with E-state index in [-0.39, 0.29) is 18.4 Å². The van der Waals surface area contributed by atoms with Crippen molar-refractivity contribution in [2.24, 2.45) is 17.6 Å². The van der Waals surface area contributed by atoms with Crippen molar-refractivity contribution < 1.29 is 24.3 Å². The minimum Gasteiger partial charge on any atom is -0.480 e. The highest BCUT2D eigenvalue weighted by Gasteiger charge is 2.27. The Morgan fingerprint density at radius 2 is 1.69 bits per heavy atom. The van der Waals surface area contributed by atoms with Gasteiger partial charge in [0.25, 0.3) is 0 Å². The Morgan fingerprint density at radius 1 is 1.07 bits per heavy atom. The lowest BCUT2D eigenvalue weighted by Gasteiger charge is -2.22. The molecule has 168 valence electrons. The van der Waals surface area contributed by atoms with E-state index >= 15 is 0 Å². The van der Waals surface area contributed by atoms with Crippen LogP contribution in [0.4, 0.5) is 0 Å². The number of amides is 3. The number of thioether (sulfide) groups is 1. The van der Waals surface area contributed by atoms with Gasteiger partial charge in [0, 0.05) is 0 Å². The van der Waals surface area contributed by atoms with Crippen molar-refractivity contribution in [3.8, 4) is 0 Å². The zero-order valence-electron chi connectivity index (χ0n) is 18.0. The smallest absolute Gasteiger partial charge is 0.326 e. The third-order valence-corrected chi connectivity index (χ3v) is 5.17. The Morgan fingerprint density at radius 3 is 2.17 bits per heavy atom. The van der Waals surface area contributed by atoms with Crippen molar-refractivity contribution in [3.05, 3.63) is 0 Å². The summed E-state index contributed by atoms with van der Waals surface area (Å²) in [5, 5.41) is 16.8. The molecule has 0 spiro atoms. The lowest BCUT2D eigenvalue weighted by atomic mass is 9.99. The Hall–Kier alpha value is -1.81. The minimum atomic E-state index is -1.12. The molecule has 29 heavy (non-hydrogen) atoms. The summed E-state index contributed by atoms with van der Waals surface area (Å²) < 4.78 is 0. The van der Waals surface area contributed by atoms with E-state index in [1.54, 1.807) is 6.92 Å². The Kier molecular flexibility index (Phi) is 13.3. The van der Waals surface area contributed by atoms with E-state index in [2.05, 4.69) is 16.0 Å². The molecule has 0 heterocycles. The number of carboxylic acids is 1. The van der Waals surface area contributed by atoms with E-state index in [0.29, 0.717) is 25.0 Å². The van der Waals surface area contributed by atoms with Crippen molar-refractivity contribution in [1.82, 2.24) is 16.0 Å². The van der Waals surface area contributed by atoms with Crippen molar-refractivity contribution in [3.63, 3.8) is 0 Å². The van der Waals surface area contributed by atoms with Crippen LogP contribution in [0, 0.1) is 11.8 Å². The molecule has 0 saturated heterocycles. The quantitative estimate of drug-likeness (QED) is 0.265. The molecule has 0 saturated carbocycles. The fourth-order valence-corrected chi connectivity index (χ4v) is 3.07. The predicted molar refractivity (Wildman–Crippen MR) is 114 cm³/mol. The highest BCUT2D eigenvalue weighted by molar-refractivity contribution is 7.98. The van der Waals surface area contributed by atoms with Crippen molar-refractivity contribution in [1.29, 1.82) is 0 Å².